The molecular formula is C29H30F2N6O2S. The first-order chi connectivity index (χ1) is 18.9. The molecule has 3 aromatic heterocycles. The van der Waals surface area contributed by atoms with Crippen molar-refractivity contribution in [2.75, 3.05) is 6.26 Å². The summed E-state index contributed by atoms with van der Waals surface area (Å²) in [6.07, 6.45) is 6.44. The lowest BCUT2D eigenvalue weighted by atomic mass is 9.66. The van der Waals surface area contributed by atoms with Gasteiger partial charge in [0, 0.05) is 17.8 Å². The van der Waals surface area contributed by atoms with Crippen LogP contribution in [0.5, 0.6) is 0 Å². The van der Waals surface area contributed by atoms with Crippen molar-refractivity contribution in [1.82, 2.24) is 29.7 Å². The van der Waals surface area contributed by atoms with Gasteiger partial charge in [0.15, 0.2) is 0 Å². The molecule has 3 atom stereocenters. The summed E-state index contributed by atoms with van der Waals surface area (Å²) in [5.74, 6) is -1.19. The van der Waals surface area contributed by atoms with Crippen molar-refractivity contribution < 1.29 is 17.2 Å². The molecule has 0 amide bonds. The van der Waals surface area contributed by atoms with Gasteiger partial charge in [0.1, 0.15) is 11.6 Å². The molecule has 208 valence electrons. The van der Waals surface area contributed by atoms with Crippen molar-refractivity contribution in [3.63, 3.8) is 0 Å². The fraction of sp³-hybridized carbons (Fsp3) is 0.379. The molecule has 2 aliphatic carbocycles. The Balaban J connectivity index is 1.37. The number of hydrogen-bond acceptors (Lipinski definition) is 6. The van der Waals surface area contributed by atoms with Gasteiger partial charge in [0.05, 0.1) is 52.8 Å². The molecule has 0 saturated heterocycles. The molecule has 1 fully saturated rings. The number of rotatable bonds is 7. The van der Waals surface area contributed by atoms with Crippen LogP contribution in [0, 0.1) is 17.0 Å². The summed E-state index contributed by atoms with van der Waals surface area (Å²) in [5, 5.41) is 13.3. The van der Waals surface area contributed by atoms with E-state index in [1.165, 1.54) is 18.2 Å². The van der Waals surface area contributed by atoms with E-state index in [0.29, 0.717) is 6.54 Å². The standard InChI is InChI=1S/C29H30F2N6O2S/c1-17(36-40(4,38)39)15-37-16-18(14-32-37)23-9-6-10-25(33-23)29-12-11-20(28(29,2)3)19-13-24(34-35-27(19)29)26-21(30)7-5-8-22(26)31/h5-10,13-14,16-17,20,36H,11-12,15H2,1-4H3/t17-,20+,29+/m1/s1. The molecule has 1 N–H and O–H groups in total. The minimum atomic E-state index is -3.32. The lowest BCUT2D eigenvalue weighted by molar-refractivity contribution is 0.243. The Kier molecular flexibility index (Phi) is 6.15. The smallest absolute Gasteiger partial charge is 0.209 e. The van der Waals surface area contributed by atoms with E-state index in [-0.39, 0.29) is 28.6 Å². The second-order valence-corrected chi connectivity index (χ2v) is 13.3. The van der Waals surface area contributed by atoms with Crippen molar-refractivity contribution in [3.05, 3.63) is 83.4 Å². The van der Waals surface area contributed by atoms with E-state index >= 15 is 0 Å². The molecule has 2 bridgehead atoms. The SMILES string of the molecule is C[C@H](Cn1cc(-c2cccc([C@@]34CC[C@@H](c5cc(-c6c(F)cccc6F)nnc53)C4(C)C)n2)cn1)NS(C)(=O)=O. The van der Waals surface area contributed by atoms with Gasteiger partial charge in [-0.25, -0.2) is 21.9 Å². The quantitative estimate of drug-likeness (QED) is 0.345. The monoisotopic (exact) mass is 564 g/mol. The molecule has 6 rings (SSSR count). The van der Waals surface area contributed by atoms with Crippen LogP contribution in [0.4, 0.5) is 8.78 Å². The lowest BCUT2D eigenvalue weighted by Gasteiger charge is -2.37. The number of sulfonamides is 1. The second-order valence-electron chi connectivity index (χ2n) is 11.5. The fourth-order valence-corrected chi connectivity index (χ4v) is 7.67. The van der Waals surface area contributed by atoms with Crippen LogP contribution in [-0.4, -0.2) is 45.7 Å². The first kappa shape index (κ1) is 26.6. The van der Waals surface area contributed by atoms with Gasteiger partial charge in [-0.1, -0.05) is 26.0 Å². The molecule has 0 unspecified atom stereocenters. The van der Waals surface area contributed by atoms with E-state index in [9.17, 15) is 17.2 Å². The Morgan fingerprint density at radius 1 is 1.10 bits per heavy atom. The number of benzene rings is 1. The summed E-state index contributed by atoms with van der Waals surface area (Å²) in [7, 11) is -3.32. The Morgan fingerprint density at radius 3 is 2.55 bits per heavy atom. The van der Waals surface area contributed by atoms with Gasteiger partial charge >= 0.3 is 0 Å². The highest BCUT2D eigenvalue weighted by atomic mass is 32.2. The molecule has 3 heterocycles. The number of fused-ring (bicyclic) bond motifs is 5. The van der Waals surface area contributed by atoms with Gasteiger partial charge < -0.3 is 0 Å². The summed E-state index contributed by atoms with van der Waals surface area (Å²) < 4.78 is 56.5. The number of halogens is 2. The predicted octanol–water partition coefficient (Wildman–Crippen LogP) is 4.82. The maximum atomic E-state index is 14.6. The summed E-state index contributed by atoms with van der Waals surface area (Å²) >= 11 is 0. The average Bonchev–Trinajstić information content (AvgIpc) is 3.50. The highest BCUT2D eigenvalue weighted by Crippen LogP contribution is 2.69. The molecule has 40 heavy (non-hydrogen) atoms. The largest absolute Gasteiger partial charge is 0.270 e. The third kappa shape index (κ3) is 4.14. The summed E-state index contributed by atoms with van der Waals surface area (Å²) in [4.78, 5) is 5.10. The third-order valence-electron chi connectivity index (χ3n) is 8.59. The van der Waals surface area contributed by atoms with Gasteiger partial charge in [0.25, 0.3) is 0 Å². The minimum Gasteiger partial charge on any atom is -0.270 e. The van der Waals surface area contributed by atoms with Crippen LogP contribution in [0.15, 0.2) is 54.9 Å². The van der Waals surface area contributed by atoms with Crippen LogP contribution < -0.4 is 4.72 Å². The first-order valence-electron chi connectivity index (χ1n) is 13.2. The number of nitrogens with zero attached hydrogens (tertiary/aromatic N) is 5. The van der Waals surface area contributed by atoms with E-state index in [2.05, 4.69) is 33.9 Å². The zero-order chi connectivity index (χ0) is 28.4. The summed E-state index contributed by atoms with van der Waals surface area (Å²) in [6.45, 7) is 6.57. The summed E-state index contributed by atoms with van der Waals surface area (Å²) in [5.41, 5.74) is 3.49. The molecule has 4 aromatic rings. The predicted molar refractivity (Wildman–Crippen MR) is 147 cm³/mol. The summed E-state index contributed by atoms with van der Waals surface area (Å²) in [6, 6.07) is 11.2. The van der Waals surface area contributed by atoms with Crippen molar-refractivity contribution in [1.29, 1.82) is 0 Å². The first-order valence-corrected chi connectivity index (χ1v) is 15.1. The van der Waals surface area contributed by atoms with E-state index in [1.807, 2.05) is 24.4 Å². The van der Waals surface area contributed by atoms with Gasteiger partial charge in [-0.15, -0.1) is 5.10 Å². The molecule has 0 spiro atoms. The second kappa shape index (κ2) is 9.24. The zero-order valence-corrected chi connectivity index (χ0v) is 23.5. The Labute approximate surface area is 231 Å². The van der Waals surface area contributed by atoms with Crippen molar-refractivity contribution in [2.24, 2.45) is 5.41 Å². The van der Waals surface area contributed by atoms with Crippen LogP contribution in [0.2, 0.25) is 0 Å². The van der Waals surface area contributed by atoms with Gasteiger partial charge in [-0.3, -0.25) is 9.67 Å². The lowest BCUT2D eigenvalue weighted by Crippen LogP contribution is -2.37. The molecule has 11 heteroatoms. The minimum absolute atomic E-state index is 0.142. The Bertz CT molecular complexity index is 1720. The highest BCUT2D eigenvalue weighted by molar-refractivity contribution is 7.88. The number of pyridine rings is 1. The van der Waals surface area contributed by atoms with Crippen molar-refractivity contribution >= 4 is 10.0 Å². The zero-order valence-electron chi connectivity index (χ0n) is 22.7. The van der Waals surface area contributed by atoms with Crippen LogP contribution in [0.3, 0.4) is 0 Å². The maximum Gasteiger partial charge on any atom is 0.209 e. The van der Waals surface area contributed by atoms with Crippen molar-refractivity contribution in [2.45, 2.75) is 57.5 Å². The number of nitrogens with one attached hydrogen (secondary N) is 1. The van der Waals surface area contributed by atoms with E-state index in [0.717, 1.165) is 47.3 Å². The maximum absolute atomic E-state index is 14.6. The van der Waals surface area contributed by atoms with E-state index in [4.69, 9.17) is 4.98 Å². The molecule has 8 nitrogen and oxygen atoms in total. The normalized spacial score (nSPS) is 21.9. The van der Waals surface area contributed by atoms with Crippen molar-refractivity contribution in [3.8, 4) is 22.5 Å². The van der Waals surface area contributed by atoms with E-state index < -0.39 is 27.1 Å². The topological polar surface area (TPSA) is 103 Å². The molecule has 1 saturated carbocycles. The van der Waals surface area contributed by atoms with Crippen LogP contribution in [0.1, 0.15) is 56.5 Å². The molecular weight excluding hydrogens is 534 g/mol. The molecule has 2 aliphatic rings. The average molecular weight is 565 g/mol. The van der Waals surface area contributed by atoms with Crippen LogP contribution in [0.25, 0.3) is 22.5 Å². The number of hydrogen-bond donors (Lipinski definition) is 1. The third-order valence-corrected chi connectivity index (χ3v) is 9.42. The molecule has 0 radical (unpaired) electrons. The molecule has 1 aromatic carbocycles. The highest BCUT2D eigenvalue weighted by Gasteiger charge is 2.65. The van der Waals surface area contributed by atoms with E-state index in [1.54, 1.807) is 23.9 Å². The Morgan fingerprint density at radius 2 is 1.82 bits per heavy atom. The van der Waals surface area contributed by atoms with Crippen LogP contribution >= 0.6 is 0 Å². The van der Waals surface area contributed by atoms with Gasteiger partial charge in [0.2, 0.25) is 10.0 Å². The van der Waals surface area contributed by atoms with Gasteiger partial charge in [-0.2, -0.15) is 10.2 Å². The number of aromatic nitrogens is 5. The Hall–Kier alpha value is -3.57. The fourth-order valence-electron chi connectivity index (χ4n) is 6.87. The molecule has 0 aliphatic heterocycles. The van der Waals surface area contributed by atoms with Crippen LogP contribution in [-0.2, 0) is 22.0 Å². The van der Waals surface area contributed by atoms with Gasteiger partial charge in [-0.05, 0) is 67.0 Å².